The molecule has 0 saturated heterocycles. The van der Waals surface area contributed by atoms with Crippen LogP contribution < -0.4 is 15.0 Å². The summed E-state index contributed by atoms with van der Waals surface area (Å²) >= 11 is 0. The lowest BCUT2D eigenvalue weighted by molar-refractivity contribution is 0.257. The molecule has 1 aliphatic rings. The zero-order valence-electron chi connectivity index (χ0n) is 14.5. The Labute approximate surface area is 152 Å². The van der Waals surface area contributed by atoms with Gasteiger partial charge in [0.1, 0.15) is 5.75 Å². The van der Waals surface area contributed by atoms with Gasteiger partial charge in [0.2, 0.25) is 0 Å². The summed E-state index contributed by atoms with van der Waals surface area (Å²) in [6.45, 7) is 0.672. The van der Waals surface area contributed by atoms with Gasteiger partial charge in [-0.25, -0.2) is 4.79 Å². The molecule has 130 valence electrons. The number of nitrogens with one attached hydrogen (secondary N) is 1. The topological polar surface area (TPSA) is 54.5 Å². The average Bonchev–Trinajstić information content (AvgIpc) is 3.12. The number of methoxy groups -OCH3 is 1. The molecule has 0 fully saturated rings. The van der Waals surface area contributed by atoms with Crippen LogP contribution in [0.4, 0.5) is 16.2 Å². The van der Waals surface area contributed by atoms with Crippen LogP contribution in [0.15, 0.2) is 67.0 Å². The summed E-state index contributed by atoms with van der Waals surface area (Å²) in [4.78, 5) is 18.5. The predicted molar refractivity (Wildman–Crippen MR) is 103 cm³/mol. The molecule has 2 heterocycles. The summed E-state index contributed by atoms with van der Waals surface area (Å²) in [6.07, 6.45) is 4.42. The van der Waals surface area contributed by atoms with Gasteiger partial charge in [0.15, 0.2) is 0 Å². The number of fused-ring (bicyclic) bond motifs is 1. The second-order valence-corrected chi connectivity index (χ2v) is 6.14. The molecule has 5 nitrogen and oxygen atoms in total. The lowest BCUT2D eigenvalue weighted by atomic mass is 10.0. The maximum atomic E-state index is 12.7. The summed E-state index contributed by atoms with van der Waals surface area (Å²) in [6, 6.07) is 17.4. The summed E-state index contributed by atoms with van der Waals surface area (Å²) in [5.74, 6) is 0.714. The van der Waals surface area contributed by atoms with E-state index < -0.39 is 0 Å². The lowest BCUT2D eigenvalue weighted by Gasteiger charge is -2.18. The van der Waals surface area contributed by atoms with Crippen LogP contribution in [0.25, 0.3) is 11.1 Å². The van der Waals surface area contributed by atoms with Crippen molar-refractivity contribution >= 4 is 17.4 Å². The van der Waals surface area contributed by atoms with Gasteiger partial charge in [0.25, 0.3) is 0 Å². The molecule has 0 saturated carbocycles. The molecule has 1 aliphatic heterocycles. The summed E-state index contributed by atoms with van der Waals surface area (Å²) in [5.41, 5.74) is 5.13. The van der Waals surface area contributed by atoms with Crippen molar-refractivity contribution in [3.63, 3.8) is 0 Å². The van der Waals surface area contributed by atoms with E-state index in [9.17, 15) is 4.79 Å². The fraction of sp³-hybridized carbons (Fsp3) is 0.143. The Hall–Kier alpha value is -3.34. The van der Waals surface area contributed by atoms with E-state index in [0.717, 1.165) is 28.9 Å². The monoisotopic (exact) mass is 345 g/mol. The van der Waals surface area contributed by atoms with Crippen LogP contribution in [0.3, 0.4) is 0 Å². The van der Waals surface area contributed by atoms with Crippen LogP contribution >= 0.6 is 0 Å². The molecular weight excluding hydrogens is 326 g/mol. The zero-order chi connectivity index (χ0) is 17.9. The SMILES string of the molecule is COc1cccc(NC(=O)N2CCc3cc(-c4ccncc4)ccc32)c1. The molecule has 2 aromatic carbocycles. The Morgan fingerprint density at radius 1 is 1.08 bits per heavy atom. The van der Waals surface area contributed by atoms with Crippen LogP contribution in [0.2, 0.25) is 0 Å². The highest BCUT2D eigenvalue weighted by atomic mass is 16.5. The Kier molecular flexibility index (Phi) is 4.27. The first-order chi connectivity index (χ1) is 12.7. The molecule has 3 aromatic rings. The number of aromatic nitrogens is 1. The Morgan fingerprint density at radius 2 is 1.92 bits per heavy atom. The highest BCUT2D eigenvalue weighted by molar-refractivity contribution is 6.03. The van der Waals surface area contributed by atoms with Crippen LogP contribution in [0, 0.1) is 0 Å². The van der Waals surface area contributed by atoms with Gasteiger partial charge < -0.3 is 10.1 Å². The molecule has 0 radical (unpaired) electrons. The lowest BCUT2D eigenvalue weighted by Crippen LogP contribution is -2.33. The van der Waals surface area contributed by atoms with Crippen LogP contribution in [-0.2, 0) is 6.42 Å². The van der Waals surface area contributed by atoms with Gasteiger partial charge in [-0.3, -0.25) is 9.88 Å². The first-order valence-corrected chi connectivity index (χ1v) is 8.50. The fourth-order valence-corrected chi connectivity index (χ4v) is 3.23. The fourth-order valence-electron chi connectivity index (χ4n) is 3.23. The molecule has 2 amide bonds. The van der Waals surface area contributed by atoms with Gasteiger partial charge in [-0.2, -0.15) is 0 Å². The molecule has 1 aromatic heterocycles. The third-order valence-electron chi connectivity index (χ3n) is 4.55. The largest absolute Gasteiger partial charge is 0.497 e. The minimum absolute atomic E-state index is 0.131. The number of carbonyl (C=O) groups is 1. The van der Waals surface area contributed by atoms with Crippen LogP contribution in [0.1, 0.15) is 5.56 Å². The quantitative estimate of drug-likeness (QED) is 0.768. The number of urea groups is 1. The van der Waals surface area contributed by atoms with Gasteiger partial charge >= 0.3 is 6.03 Å². The van der Waals surface area contributed by atoms with Gasteiger partial charge in [0.05, 0.1) is 7.11 Å². The minimum atomic E-state index is -0.131. The number of carbonyl (C=O) groups excluding carboxylic acids is 1. The van der Waals surface area contributed by atoms with Crippen molar-refractivity contribution in [3.8, 4) is 16.9 Å². The smallest absolute Gasteiger partial charge is 0.326 e. The first-order valence-electron chi connectivity index (χ1n) is 8.50. The number of ether oxygens (including phenoxy) is 1. The van der Waals surface area contributed by atoms with E-state index in [1.165, 1.54) is 5.56 Å². The number of benzene rings is 2. The molecule has 0 spiro atoms. The van der Waals surface area contributed by atoms with Crippen molar-refractivity contribution in [2.24, 2.45) is 0 Å². The molecule has 0 bridgehead atoms. The van der Waals surface area contributed by atoms with Crippen molar-refractivity contribution < 1.29 is 9.53 Å². The van der Waals surface area contributed by atoms with Gasteiger partial charge in [-0.1, -0.05) is 12.1 Å². The van der Waals surface area contributed by atoms with Crippen LogP contribution in [-0.4, -0.2) is 24.7 Å². The number of rotatable bonds is 3. The molecule has 0 unspecified atom stereocenters. The number of nitrogens with zero attached hydrogens (tertiary/aromatic N) is 2. The summed E-state index contributed by atoms with van der Waals surface area (Å²) in [7, 11) is 1.61. The zero-order valence-corrected chi connectivity index (χ0v) is 14.5. The van der Waals surface area contributed by atoms with E-state index in [2.05, 4.69) is 16.4 Å². The molecular formula is C21H19N3O2. The highest BCUT2D eigenvalue weighted by Gasteiger charge is 2.25. The van der Waals surface area contributed by atoms with E-state index in [1.807, 2.05) is 42.5 Å². The van der Waals surface area contributed by atoms with E-state index in [1.54, 1.807) is 30.5 Å². The Balaban J connectivity index is 1.55. The number of amides is 2. The third kappa shape index (κ3) is 3.11. The van der Waals surface area contributed by atoms with Gasteiger partial charge in [-0.15, -0.1) is 0 Å². The molecule has 0 atom stereocenters. The summed E-state index contributed by atoms with van der Waals surface area (Å²) < 4.78 is 5.20. The number of hydrogen-bond donors (Lipinski definition) is 1. The van der Waals surface area contributed by atoms with Crippen molar-refractivity contribution in [2.75, 3.05) is 23.9 Å². The predicted octanol–water partition coefficient (Wildman–Crippen LogP) is 4.35. The van der Waals surface area contributed by atoms with Gasteiger partial charge in [-0.05, 0) is 59.5 Å². The maximum absolute atomic E-state index is 12.7. The minimum Gasteiger partial charge on any atom is -0.497 e. The number of pyridine rings is 1. The van der Waals surface area contributed by atoms with E-state index in [-0.39, 0.29) is 6.03 Å². The molecule has 0 aliphatic carbocycles. The highest BCUT2D eigenvalue weighted by Crippen LogP contribution is 2.32. The second-order valence-electron chi connectivity index (χ2n) is 6.14. The number of hydrogen-bond acceptors (Lipinski definition) is 3. The Bertz CT molecular complexity index is 941. The van der Waals surface area contributed by atoms with Crippen molar-refractivity contribution in [1.82, 2.24) is 4.98 Å². The maximum Gasteiger partial charge on any atom is 0.326 e. The number of anilines is 2. The van der Waals surface area contributed by atoms with Crippen molar-refractivity contribution in [2.45, 2.75) is 6.42 Å². The Morgan fingerprint density at radius 3 is 2.73 bits per heavy atom. The van der Waals surface area contributed by atoms with E-state index in [4.69, 9.17) is 4.74 Å². The molecule has 5 heteroatoms. The first kappa shape index (κ1) is 16.1. The average molecular weight is 345 g/mol. The normalized spacial score (nSPS) is 12.6. The standard InChI is InChI=1S/C21H19N3O2/c1-26-19-4-2-3-18(14-19)23-21(25)24-12-9-17-13-16(5-6-20(17)24)15-7-10-22-11-8-15/h2-8,10-11,13-14H,9,12H2,1H3,(H,23,25). The van der Waals surface area contributed by atoms with Crippen LogP contribution in [0.5, 0.6) is 5.75 Å². The van der Waals surface area contributed by atoms with E-state index in [0.29, 0.717) is 12.3 Å². The molecule has 1 N–H and O–H groups in total. The molecule has 4 rings (SSSR count). The van der Waals surface area contributed by atoms with E-state index >= 15 is 0 Å². The second kappa shape index (κ2) is 6.88. The third-order valence-corrected chi connectivity index (χ3v) is 4.55. The van der Waals surface area contributed by atoms with Crippen molar-refractivity contribution in [3.05, 3.63) is 72.6 Å². The van der Waals surface area contributed by atoms with Gasteiger partial charge in [0, 0.05) is 36.4 Å². The summed E-state index contributed by atoms with van der Waals surface area (Å²) in [5, 5.41) is 2.94. The molecule has 26 heavy (non-hydrogen) atoms. The van der Waals surface area contributed by atoms with Crippen molar-refractivity contribution in [1.29, 1.82) is 0 Å².